The van der Waals surface area contributed by atoms with E-state index < -0.39 is 0 Å². The first-order valence-electron chi connectivity index (χ1n) is 15.3. The quantitative estimate of drug-likeness (QED) is 0.388. The highest BCUT2D eigenvalue weighted by Gasteiger charge is 2.17. The first-order chi connectivity index (χ1) is 21.4. The second-order valence-electron chi connectivity index (χ2n) is 11.5. The predicted octanol–water partition coefficient (Wildman–Crippen LogP) is 1.57. The molecule has 4 rings (SSSR count). The number of benzene rings is 3. The molecule has 0 bridgehead atoms. The van der Waals surface area contributed by atoms with Gasteiger partial charge in [0.05, 0.1) is 47.2 Å². The number of hydrogen-bond acceptors (Lipinski definition) is 8. The highest BCUT2D eigenvalue weighted by atomic mass is 35.5. The lowest BCUT2D eigenvalue weighted by molar-refractivity contribution is -0.670. The van der Waals surface area contributed by atoms with Crippen molar-refractivity contribution in [2.45, 2.75) is 39.2 Å². The molecule has 3 aromatic rings. The van der Waals surface area contributed by atoms with Crippen LogP contribution in [0.15, 0.2) is 54.6 Å². The summed E-state index contributed by atoms with van der Waals surface area (Å²) in [6, 6.07) is 18.2. The SMILES string of the molecule is COc1ccc(CC[NH2+]Cc2ccc3c(c2)OCCOCCOc2ccc(C(C)(C)C)cc2OCCOCCO3)cc1OC.[Cl-]. The maximum absolute atomic E-state index is 6.11. The van der Waals surface area contributed by atoms with Gasteiger partial charge in [0.25, 0.3) is 0 Å². The molecule has 45 heavy (non-hydrogen) atoms. The van der Waals surface area contributed by atoms with Crippen LogP contribution in [0.4, 0.5) is 0 Å². The fourth-order valence-electron chi connectivity index (χ4n) is 4.74. The lowest BCUT2D eigenvalue weighted by Gasteiger charge is -2.21. The Morgan fingerprint density at radius 1 is 0.600 bits per heavy atom. The topological polar surface area (TPSA) is 90.5 Å². The van der Waals surface area contributed by atoms with Crippen LogP contribution in [0, 0.1) is 0 Å². The minimum Gasteiger partial charge on any atom is -1.00 e. The predicted molar refractivity (Wildman–Crippen MR) is 169 cm³/mol. The van der Waals surface area contributed by atoms with Crippen molar-refractivity contribution in [1.29, 1.82) is 0 Å². The van der Waals surface area contributed by atoms with Gasteiger partial charge in [0.1, 0.15) is 33.0 Å². The van der Waals surface area contributed by atoms with Crippen molar-refractivity contribution in [1.82, 2.24) is 0 Å². The standard InChI is InChI=1S/C35H47NO8.ClH/c1-35(2,3)28-8-11-31-34(24-28)44-21-17-40-14-18-41-30-10-7-27(23-33(30)43-20-16-39-15-19-42-31)25-36-13-12-26-6-9-29(37-4)32(22-26)38-5;/h6-11,22-24,36H,12-21,25H2,1-5H3;1H. The summed E-state index contributed by atoms with van der Waals surface area (Å²) in [5.74, 6) is 4.29. The van der Waals surface area contributed by atoms with Crippen LogP contribution in [0.5, 0.6) is 34.5 Å². The van der Waals surface area contributed by atoms with Crippen molar-refractivity contribution in [2.75, 3.05) is 73.6 Å². The van der Waals surface area contributed by atoms with E-state index in [2.05, 4.69) is 44.3 Å². The molecule has 0 fully saturated rings. The zero-order valence-corrected chi connectivity index (χ0v) is 28.0. The van der Waals surface area contributed by atoms with Gasteiger partial charge in [-0.05, 0) is 59.0 Å². The third-order valence-corrected chi connectivity index (χ3v) is 7.22. The van der Waals surface area contributed by atoms with Crippen LogP contribution in [-0.2, 0) is 27.9 Å². The highest BCUT2D eigenvalue weighted by molar-refractivity contribution is 5.45. The lowest BCUT2D eigenvalue weighted by atomic mass is 9.87. The molecule has 0 saturated heterocycles. The summed E-state index contributed by atoms with van der Waals surface area (Å²) in [7, 11) is 3.30. The first-order valence-corrected chi connectivity index (χ1v) is 15.3. The molecule has 0 saturated carbocycles. The molecule has 10 heteroatoms. The Kier molecular flexibility index (Phi) is 14.9. The van der Waals surface area contributed by atoms with Gasteiger partial charge in [-0.1, -0.05) is 32.9 Å². The molecule has 1 aliphatic rings. The van der Waals surface area contributed by atoms with Gasteiger partial charge in [0.2, 0.25) is 0 Å². The molecule has 0 atom stereocenters. The molecule has 0 aliphatic carbocycles. The summed E-state index contributed by atoms with van der Waals surface area (Å²) in [4.78, 5) is 0. The van der Waals surface area contributed by atoms with E-state index >= 15 is 0 Å². The molecule has 1 heterocycles. The molecule has 0 radical (unpaired) electrons. The summed E-state index contributed by atoms with van der Waals surface area (Å²) < 4.78 is 46.6. The van der Waals surface area contributed by atoms with Crippen molar-refractivity contribution in [3.05, 3.63) is 71.3 Å². The van der Waals surface area contributed by atoms with Gasteiger partial charge < -0.3 is 55.6 Å². The Morgan fingerprint density at radius 2 is 1.13 bits per heavy atom. The third kappa shape index (κ3) is 11.5. The van der Waals surface area contributed by atoms with E-state index in [9.17, 15) is 0 Å². The summed E-state index contributed by atoms with van der Waals surface area (Å²) in [6.45, 7) is 11.6. The van der Waals surface area contributed by atoms with Crippen LogP contribution in [0.3, 0.4) is 0 Å². The molecule has 0 unspecified atom stereocenters. The zero-order valence-electron chi connectivity index (χ0n) is 27.2. The van der Waals surface area contributed by atoms with E-state index in [0.717, 1.165) is 36.6 Å². The first kappa shape index (κ1) is 36.1. The van der Waals surface area contributed by atoms with E-state index in [1.54, 1.807) is 14.2 Å². The van der Waals surface area contributed by atoms with Crippen LogP contribution >= 0.6 is 0 Å². The fraction of sp³-hybridized carbons (Fsp3) is 0.486. The fourth-order valence-corrected chi connectivity index (χ4v) is 4.74. The van der Waals surface area contributed by atoms with E-state index in [4.69, 9.17) is 37.9 Å². The average Bonchev–Trinajstić information content (AvgIpc) is 3.02. The molecular formula is C35H48ClNO8. The summed E-state index contributed by atoms with van der Waals surface area (Å²) >= 11 is 0. The van der Waals surface area contributed by atoms with Crippen LogP contribution < -0.4 is 46.1 Å². The van der Waals surface area contributed by atoms with Crippen molar-refractivity contribution >= 4 is 0 Å². The van der Waals surface area contributed by atoms with Crippen molar-refractivity contribution in [3.8, 4) is 34.5 Å². The minimum absolute atomic E-state index is 0. The highest BCUT2D eigenvalue weighted by Crippen LogP contribution is 2.34. The van der Waals surface area contributed by atoms with Gasteiger partial charge in [0.15, 0.2) is 34.5 Å². The molecule has 0 amide bonds. The van der Waals surface area contributed by atoms with Crippen LogP contribution in [-0.4, -0.2) is 73.6 Å². The number of ether oxygens (including phenoxy) is 8. The van der Waals surface area contributed by atoms with Crippen molar-refractivity contribution < 1.29 is 55.6 Å². The average molecular weight is 646 g/mol. The number of rotatable bonds is 7. The van der Waals surface area contributed by atoms with E-state index in [1.165, 1.54) is 11.1 Å². The van der Waals surface area contributed by atoms with Crippen molar-refractivity contribution in [3.63, 3.8) is 0 Å². The van der Waals surface area contributed by atoms with Crippen molar-refractivity contribution in [2.24, 2.45) is 0 Å². The van der Waals surface area contributed by atoms with E-state index in [-0.39, 0.29) is 17.8 Å². The summed E-state index contributed by atoms with van der Waals surface area (Å²) in [5, 5.41) is 2.28. The van der Waals surface area contributed by atoms with Crippen LogP contribution in [0.1, 0.15) is 37.5 Å². The third-order valence-electron chi connectivity index (χ3n) is 7.22. The Balaban J connectivity index is 0.00000552. The number of quaternary nitrogens is 1. The number of nitrogens with two attached hydrogens (primary N) is 1. The molecule has 9 nitrogen and oxygen atoms in total. The van der Waals surface area contributed by atoms with Gasteiger partial charge in [-0.15, -0.1) is 0 Å². The maximum atomic E-state index is 6.11. The monoisotopic (exact) mass is 645 g/mol. The Morgan fingerprint density at radius 3 is 1.71 bits per heavy atom. The maximum Gasteiger partial charge on any atom is 0.161 e. The van der Waals surface area contributed by atoms with Gasteiger partial charge in [-0.25, -0.2) is 0 Å². The number of halogens is 1. The number of methoxy groups -OCH3 is 2. The molecule has 0 aromatic heterocycles. The van der Waals surface area contributed by atoms with Gasteiger partial charge in [0, 0.05) is 12.0 Å². The van der Waals surface area contributed by atoms with E-state index in [0.29, 0.717) is 75.9 Å². The van der Waals surface area contributed by atoms with Gasteiger partial charge in [-0.3, -0.25) is 0 Å². The number of hydrogen-bond donors (Lipinski definition) is 1. The zero-order chi connectivity index (χ0) is 31.2. The molecule has 0 spiro atoms. The molecule has 248 valence electrons. The van der Waals surface area contributed by atoms with Crippen LogP contribution in [0.2, 0.25) is 0 Å². The Bertz CT molecular complexity index is 1310. The van der Waals surface area contributed by atoms with Gasteiger partial charge in [-0.2, -0.15) is 0 Å². The van der Waals surface area contributed by atoms with Crippen LogP contribution in [0.25, 0.3) is 0 Å². The molecule has 1 aliphatic heterocycles. The van der Waals surface area contributed by atoms with E-state index in [1.807, 2.05) is 36.4 Å². The summed E-state index contributed by atoms with van der Waals surface area (Å²) in [5.41, 5.74) is 3.54. The lowest BCUT2D eigenvalue weighted by Crippen LogP contribution is -3.00. The molecular weight excluding hydrogens is 598 g/mol. The molecule has 3 aromatic carbocycles. The number of fused-ring (bicyclic) bond motifs is 2. The Labute approximate surface area is 273 Å². The second kappa shape index (κ2) is 18.6. The summed E-state index contributed by atoms with van der Waals surface area (Å²) in [6.07, 6.45) is 0.917. The minimum atomic E-state index is 0. The second-order valence-corrected chi connectivity index (χ2v) is 11.5. The molecule has 2 N–H and O–H groups in total. The smallest absolute Gasteiger partial charge is 0.161 e. The Hall–Kier alpha value is -3.37. The normalized spacial score (nSPS) is 14.8. The van der Waals surface area contributed by atoms with Gasteiger partial charge >= 0.3 is 0 Å². The largest absolute Gasteiger partial charge is 1.00 e.